The van der Waals surface area contributed by atoms with Gasteiger partial charge in [0.15, 0.2) is 5.13 Å². The first-order chi connectivity index (χ1) is 15.9. The molecule has 2 unspecified atom stereocenters. The molecule has 3 heterocycles. The van der Waals surface area contributed by atoms with E-state index in [9.17, 15) is 4.79 Å². The summed E-state index contributed by atoms with van der Waals surface area (Å²) in [6.45, 7) is 4.99. The second-order valence-electron chi connectivity index (χ2n) is 11.2. The number of amides is 1. The highest BCUT2D eigenvalue weighted by molar-refractivity contribution is 7.13. The van der Waals surface area contributed by atoms with Crippen molar-refractivity contribution in [1.29, 1.82) is 0 Å². The van der Waals surface area contributed by atoms with Crippen LogP contribution in [0.25, 0.3) is 0 Å². The number of rotatable bonds is 3. The van der Waals surface area contributed by atoms with Gasteiger partial charge in [-0.05, 0) is 79.9 Å². The molecule has 2 aromatic heterocycles. The summed E-state index contributed by atoms with van der Waals surface area (Å²) in [5, 5.41) is 6.67. The van der Waals surface area contributed by atoms with Crippen molar-refractivity contribution in [3.05, 3.63) is 47.8 Å². The Kier molecular flexibility index (Phi) is 4.95. The first kappa shape index (κ1) is 21.3. The van der Waals surface area contributed by atoms with Gasteiger partial charge in [-0.2, -0.15) is 0 Å². The van der Waals surface area contributed by atoms with Crippen LogP contribution in [0.2, 0.25) is 0 Å². The zero-order valence-corrected chi connectivity index (χ0v) is 20.6. The number of nitrogens with zero attached hydrogens (tertiary/aromatic N) is 3. The van der Waals surface area contributed by atoms with Gasteiger partial charge in [-0.1, -0.05) is 19.9 Å². The number of carbonyl (C=O) groups excluding carboxylic acids is 1. The molecule has 2 aromatic rings. The van der Waals surface area contributed by atoms with Crippen LogP contribution in [-0.2, 0) is 4.79 Å². The Labute approximate surface area is 200 Å². The number of thiazole rings is 1. The molecular formula is C27H34N4OS. The molecule has 0 spiro atoms. The monoisotopic (exact) mass is 462 g/mol. The van der Waals surface area contributed by atoms with Gasteiger partial charge in [0.2, 0.25) is 5.91 Å². The number of carbonyl (C=O) groups is 1. The van der Waals surface area contributed by atoms with E-state index in [-0.39, 0.29) is 11.3 Å². The maximum Gasteiger partial charge on any atom is 0.246 e. The third-order valence-electron chi connectivity index (χ3n) is 9.92. The van der Waals surface area contributed by atoms with E-state index in [0.717, 1.165) is 29.1 Å². The van der Waals surface area contributed by atoms with E-state index < -0.39 is 0 Å². The van der Waals surface area contributed by atoms with Gasteiger partial charge in [-0.25, -0.2) is 4.98 Å². The lowest BCUT2D eigenvalue weighted by Gasteiger charge is -2.60. The van der Waals surface area contributed by atoms with Gasteiger partial charge in [0.05, 0.1) is 17.6 Å². The molecular weight excluding hydrogens is 428 g/mol. The van der Waals surface area contributed by atoms with Crippen molar-refractivity contribution in [1.82, 2.24) is 14.9 Å². The Morgan fingerprint density at radius 1 is 1.15 bits per heavy atom. The summed E-state index contributed by atoms with van der Waals surface area (Å²) >= 11 is 1.71. The number of fused-ring (bicyclic) bond motifs is 5. The number of likely N-dealkylation sites (N-methyl/N-ethyl adjacent to an activating group) is 1. The molecule has 3 aliphatic carbocycles. The molecule has 0 radical (unpaired) electrons. The third-order valence-corrected chi connectivity index (χ3v) is 10.7. The van der Waals surface area contributed by atoms with Crippen molar-refractivity contribution >= 4 is 28.1 Å². The van der Waals surface area contributed by atoms with Crippen molar-refractivity contribution in [3.63, 3.8) is 0 Å². The van der Waals surface area contributed by atoms with Gasteiger partial charge in [0.1, 0.15) is 0 Å². The number of hydrogen-bond donors (Lipinski definition) is 1. The summed E-state index contributed by atoms with van der Waals surface area (Å²) < 4.78 is 0. The molecule has 6 rings (SSSR count). The average molecular weight is 463 g/mol. The van der Waals surface area contributed by atoms with Gasteiger partial charge in [0.25, 0.3) is 0 Å². The minimum absolute atomic E-state index is 0.117. The molecule has 3 saturated carbocycles. The molecule has 0 bridgehead atoms. The van der Waals surface area contributed by atoms with E-state index in [2.05, 4.69) is 35.6 Å². The highest BCUT2D eigenvalue weighted by Gasteiger charge is 2.60. The zero-order chi connectivity index (χ0) is 22.8. The fraction of sp³-hybridized carbons (Fsp3) is 0.593. The van der Waals surface area contributed by atoms with Crippen molar-refractivity contribution in [2.45, 2.75) is 64.3 Å². The maximum atomic E-state index is 12.3. The maximum absolute atomic E-state index is 12.3. The normalized spacial score (nSPS) is 39.7. The van der Waals surface area contributed by atoms with Crippen molar-refractivity contribution < 1.29 is 4.79 Å². The lowest BCUT2D eigenvalue weighted by molar-refractivity contribution is -0.138. The molecule has 33 heavy (non-hydrogen) atoms. The zero-order valence-electron chi connectivity index (χ0n) is 19.8. The van der Waals surface area contributed by atoms with Crippen LogP contribution >= 0.6 is 11.3 Å². The second-order valence-corrected chi connectivity index (χ2v) is 12.1. The Morgan fingerprint density at radius 3 is 2.85 bits per heavy atom. The molecule has 174 valence electrons. The largest absolute Gasteiger partial charge is 0.338 e. The highest BCUT2D eigenvalue weighted by atomic mass is 32.1. The first-order valence-electron chi connectivity index (χ1n) is 12.5. The van der Waals surface area contributed by atoms with Crippen molar-refractivity contribution in [3.8, 4) is 0 Å². The molecule has 1 aliphatic heterocycles. The molecule has 0 saturated heterocycles. The van der Waals surface area contributed by atoms with Gasteiger partial charge in [-0.15, -0.1) is 11.3 Å². The quantitative estimate of drug-likeness (QED) is 0.607. The molecule has 6 heteroatoms. The fourth-order valence-electron chi connectivity index (χ4n) is 8.29. The van der Waals surface area contributed by atoms with Gasteiger partial charge in [-0.3, -0.25) is 9.78 Å². The molecule has 0 aromatic carbocycles. The van der Waals surface area contributed by atoms with E-state index >= 15 is 0 Å². The van der Waals surface area contributed by atoms with Gasteiger partial charge in [0, 0.05) is 36.0 Å². The Balaban J connectivity index is 1.24. The van der Waals surface area contributed by atoms with Crippen LogP contribution in [0.1, 0.15) is 64.0 Å². The lowest BCUT2D eigenvalue weighted by Crippen LogP contribution is -2.59. The predicted octanol–water partition coefficient (Wildman–Crippen LogP) is 6.00. The second kappa shape index (κ2) is 7.66. The smallest absolute Gasteiger partial charge is 0.246 e. The van der Waals surface area contributed by atoms with Crippen molar-refractivity contribution in [2.75, 3.05) is 12.4 Å². The van der Waals surface area contributed by atoms with Crippen LogP contribution < -0.4 is 5.32 Å². The van der Waals surface area contributed by atoms with Gasteiger partial charge < -0.3 is 10.2 Å². The Hall–Kier alpha value is -2.21. The fourth-order valence-corrected chi connectivity index (χ4v) is 9.07. The summed E-state index contributed by atoms with van der Waals surface area (Å²) in [6.07, 6.45) is 15.2. The summed E-state index contributed by atoms with van der Waals surface area (Å²) in [7, 11) is 2.01. The topological polar surface area (TPSA) is 58.1 Å². The van der Waals surface area contributed by atoms with E-state index in [1.165, 1.54) is 37.8 Å². The first-order valence-corrected chi connectivity index (χ1v) is 13.4. The highest BCUT2D eigenvalue weighted by Crippen LogP contribution is 2.67. The van der Waals surface area contributed by atoms with E-state index in [1.807, 2.05) is 36.4 Å². The van der Waals surface area contributed by atoms with Crippen molar-refractivity contribution in [2.24, 2.45) is 28.6 Å². The van der Waals surface area contributed by atoms with Crippen LogP contribution in [-0.4, -0.2) is 33.9 Å². The summed E-state index contributed by atoms with van der Waals surface area (Å²) in [4.78, 5) is 23.6. The number of pyridine rings is 1. The van der Waals surface area contributed by atoms with E-state index in [1.54, 1.807) is 17.5 Å². The SMILES string of the molecule is CN1C(=O)C=C[C@@]2(C)C1CC[C@@H]1[C@H]2CC[C@]2(C)C(c3csc(Nc4cccnc4)n3)CC[C@@H]12. The van der Waals surface area contributed by atoms with Crippen LogP contribution in [0.5, 0.6) is 0 Å². The molecule has 7 atom stereocenters. The Morgan fingerprint density at radius 2 is 2.03 bits per heavy atom. The number of anilines is 2. The molecule has 1 amide bonds. The summed E-state index contributed by atoms with van der Waals surface area (Å²) in [5.41, 5.74) is 2.71. The number of aromatic nitrogens is 2. The standard InChI is InChI=1S/C27H34N4OS/c1-26-12-10-20-18(6-9-23-27(20,2)13-11-24(32)31(23)3)19(26)7-8-21(26)22-16-33-25(30-22)29-17-5-4-14-28-15-17/h4-5,11,13-16,18-21,23H,6-10,12H2,1-3H3,(H,29,30)/t18-,19-,20+,21?,23?,26-,27+/m0/s1. The molecule has 3 fully saturated rings. The lowest BCUT2D eigenvalue weighted by atomic mass is 9.47. The Bertz CT molecular complexity index is 1080. The van der Waals surface area contributed by atoms with Crippen LogP contribution in [0, 0.1) is 28.6 Å². The minimum atomic E-state index is 0.117. The van der Waals surface area contributed by atoms with Crippen LogP contribution in [0.15, 0.2) is 42.1 Å². The van der Waals surface area contributed by atoms with Crippen LogP contribution in [0.3, 0.4) is 0 Å². The number of nitrogens with one attached hydrogen (secondary N) is 1. The third kappa shape index (κ3) is 3.20. The van der Waals surface area contributed by atoms with Gasteiger partial charge >= 0.3 is 0 Å². The minimum Gasteiger partial charge on any atom is -0.338 e. The summed E-state index contributed by atoms with van der Waals surface area (Å²) in [5.74, 6) is 2.91. The predicted molar refractivity (Wildman–Crippen MR) is 132 cm³/mol. The molecule has 1 N–H and O–H groups in total. The number of hydrogen-bond acceptors (Lipinski definition) is 5. The molecule has 4 aliphatic rings. The molecule has 5 nitrogen and oxygen atoms in total. The van der Waals surface area contributed by atoms with E-state index in [0.29, 0.717) is 23.3 Å². The van der Waals surface area contributed by atoms with Crippen LogP contribution in [0.4, 0.5) is 10.8 Å². The summed E-state index contributed by atoms with van der Waals surface area (Å²) in [6, 6.07) is 4.34. The average Bonchev–Trinajstić information content (AvgIpc) is 3.41. The van der Waals surface area contributed by atoms with E-state index in [4.69, 9.17) is 4.98 Å².